The summed E-state index contributed by atoms with van der Waals surface area (Å²) in [5.74, 6) is -0.772. The molecule has 1 aromatic carbocycles. The van der Waals surface area contributed by atoms with Crippen LogP contribution in [0.2, 0.25) is 0 Å². The van der Waals surface area contributed by atoms with Crippen molar-refractivity contribution in [2.24, 2.45) is 5.41 Å². The Bertz CT molecular complexity index is 502. The third-order valence-corrected chi connectivity index (χ3v) is 3.94. The summed E-state index contributed by atoms with van der Waals surface area (Å²) in [5, 5.41) is 9.17. The molecule has 0 atom stereocenters. The zero-order chi connectivity index (χ0) is 14.0. The van der Waals surface area contributed by atoms with Gasteiger partial charge in [-0.05, 0) is 38.8 Å². The summed E-state index contributed by atoms with van der Waals surface area (Å²) < 4.78 is 0. The number of aryl methyl sites for hydroxylation is 1. The van der Waals surface area contributed by atoms with Crippen LogP contribution < -0.4 is 0 Å². The van der Waals surface area contributed by atoms with E-state index in [4.69, 9.17) is 0 Å². The quantitative estimate of drug-likeness (QED) is 0.888. The number of hydrogen-bond acceptors (Lipinski definition) is 2. The molecule has 1 heterocycles. The number of benzene rings is 1. The number of rotatable bonds is 2. The van der Waals surface area contributed by atoms with Crippen LogP contribution in [-0.2, 0) is 4.79 Å². The van der Waals surface area contributed by atoms with E-state index < -0.39 is 11.4 Å². The predicted octanol–water partition coefficient (Wildman–Crippen LogP) is 2.32. The molecule has 0 bridgehead atoms. The molecule has 0 unspecified atom stereocenters. The first kappa shape index (κ1) is 13.6. The number of piperidine rings is 1. The molecule has 0 spiro atoms. The first-order valence-electron chi connectivity index (χ1n) is 6.52. The average molecular weight is 261 g/mol. The van der Waals surface area contributed by atoms with Gasteiger partial charge < -0.3 is 10.0 Å². The van der Waals surface area contributed by atoms with Gasteiger partial charge >= 0.3 is 5.97 Å². The van der Waals surface area contributed by atoms with Crippen LogP contribution in [0.15, 0.2) is 24.3 Å². The average Bonchev–Trinajstić information content (AvgIpc) is 2.38. The van der Waals surface area contributed by atoms with E-state index in [2.05, 4.69) is 0 Å². The Hall–Kier alpha value is -1.84. The molecule has 1 fully saturated rings. The van der Waals surface area contributed by atoms with Crippen LogP contribution in [-0.4, -0.2) is 35.0 Å². The number of hydrogen-bond donors (Lipinski definition) is 1. The van der Waals surface area contributed by atoms with Gasteiger partial charge in [0.25, 0.3) is 5.91 Å². The molecule has 4 heteroatoms. The van der Waals surface area contributed by atoms with Crippen LogP contribution in [0.4, 0.5) is 0 Å². The number of amides is 1. The Balaban J connectivity index is 2.06. The van der Waals surface area contributed by atoms with Crippen molar-refractivity contribution < 1.29 is 14.7 Å². The van der Waals surface area contributed by atoms with Crippen molar-refractivity contribution in [1.82, 2.24) is 4.90 Å². The Morgan fingerprint density at radius 2 is 1.89 bits per heavy atom. The van der Waals surface area contributed by atoms with Crippen LogP contribution in [0.1, 0.15) is 35.7 Å². The zero-order valence-corrected chi connectivity index (χ0v) is 11.3. The van der Waals surface area contributed by atoms with E-state index in [1.54, 1.807) is 17.9 Å². The van der Waals surface area contributed by atoms with Crippen molar-refractivity contribution in [3.05, 3.63) is 35.4 Å². The van der Waals surface area contributed by atoms with Gasteiger partial charge in [0.1, 0.15) is 0 Å². The summed E-state index contributed by atoms with van der Waals surface area (Å²) in [6.45, 7) is 4.73. The molecule has 102 valence electrons. The normalized spacial score (nSPS) is 18.1. The van der Waals surface area contributed by atoms with Gasteiger partial charge in [-0.1, -0.05) is 17.7 Å². The molecule has 2 rings (SSSR count). The standard InChI is InChI=1S/C15H19NO3/c1-11-4-3-5-12(10-11)13(17)16-8-6-15(2,7-9-16)14(18)19/h3-5,10H,6-9H2,1-2H3,(H,18,19). The van der Waals surface area contributed by atoms with Gasteiger partial charge in [-0.3, -0.25) is 9.59 Å². The van der Waals surface area contributed by atoms with Gasteiger partial charge in [0.15, 0.2) is 0 Å². The molecule has 1 amide bonds. The van der Waals surface area contributed by atoms with Gasteiger partial charge in [0.05, 0.1) is 5.41 Å². The van der Waals surface area contributed by atoms with E-state index in [1.165, 1.54) is 0 Å². The molecule has 0 saturated carbocycles. The van der Waals surface area contributed by atoms with Crippen LogP contribution >= 0.6 is 0 Å². The molecular formula is C15H19NO3. The van der Waals surface area contributed by atoms with Gasteiger partial charge in [-0.2, -0.15) is 0 Å². The monoisotopic (exact) mass is 261 g/mol. The highest BCUT2D eigenvalue weighted by atomic mass is 16.4. The summed E-state index contributed by atoms with van der Waals surface area (Å²) in [5.41, 5.74) is 1.04. The topological polar surface area (TPSA) is 57.6 Å². The predicted molar refractivity (Wildman–Crippen MR) is 72.1 cm³/mol. The molecule has 1 saturated heterocycles. The minimum Gasteiger partial charge on any atom is -0.481 e. The van der Waals surface area contributed by atoms with Crippen LogP contribution in [0.25, 0.3) is 0 Å². The summed E-state index contributed by atoms with van der Waals surface area (Å²) in [7, 11) is 0. The van der Waals surface area contributed by atoms with E-state index in [1.807, 2.05) is 25.1 Å². The second-order valence-electron chi connectivity index (χ2n) is 5.53. The summed E-state index contributed by atoms with van der Waals surface area (Å²) in [4.78, 5) is 25.2. The third-order valence-electron chi connectivity index (χ3n) is 3.94. The fourth-order valence-electron chi connectivity index (χ4n) is 2.38. The molecule has 4 nitrogen and oxygen atoms in total. The Labute approximate surface area is 113 Å². The number of nitrogens with zero attached hydrogens (tertiary/aromatic N) is 1. The van der Waals surface area contributed by atoms with E-state index in [-0.39, 0.29) is 5.91 Å². The lowest BCUT2D eigenvalue weighted by Crippen LogP contribution is -2.45. The van der Waals surface area contributed by atoms with Gasteiger partial charge in [-0.15, -0.1) is 0 Å². The largest absolute Gasteiger partial charge is 0.481 e. The number of carboxylic acids is 1. The number of aliphatic carboxylic acids is 1. The van der Waals surface area contributed by atoms with Crippen LogP contribution in [0.3, 0.4) is 0 Å². The van der Waals surface area contributed by atoms with Crippen molar-refractivity contribution in [3.8, 4) is 0 Å². The number of carbonyl (C=O) groups excluding carboxylic acids is 1. The lowest BCUT2D eigenvalue weighted by Gasteiger charge is -2.36. The summed E-state index contributed by atoms with van der Waals surface area (Å²) in [6.07, 6.45) is 1.03. The van der Waals surface area contributed by atoms with Crippen molar-refractivity contribution in [2.75, 3.05) is 13.1 Å². The number of likely N-dealkylation sites (tertiary alicyclic amines) is 1. The van der Waals surface area contributed by atoms with Crippen molar-refractivity contribution in [2.45, 2.75) is 26.7 Å². The highest BCUT2D eigenvalue weighted by Crippen LogP contribution is 2.31. The lowest BCUT2D eigenvalue weighted by molar-refractivity contribution is -0.150. The maximum absolute atomic E-state index is 12.3. The Kier molecular flexibility index (Phi) is 3.60. The minimum absolute atomic E-state index is 0.00358. The maximum Gasteiger partial charge on any atom is 0.309 e. The highest BCUT2D eigenvalue weighted by Gasteiger charge is 2.38. The summed E-state index contributed by atoms with van der Waals surface area (Å²) in [6, 6.07) is 7.50. The fourth-order valence-corrected chi connectivity index (χ4v) is 2.38. The SMILES string of the molecule is Cc1cccc(C(=O)N2CCC(C)(C(=O)O)CC2)c1. The van der Waals surface area contributed by atoms with Gasteiger partial charge in [0.2, 0.25) is 0 Å². The van der Waals surface area contributed by atoms with Crippen molar-refractivity contribution in [1.29, 1.82) is 0 Å². The lowest BCUT2D eigenvalue weighted by atomic mass is 9.80. The number of carboxylic acid groups (broad SMARTS) is 1. The fraction of sp³-hybridized carbons (Fsp3) is 0.467. The van der Waals surface area contributed by atoms with E-state index in [0.29, 0.717) is 31.5 Å². The smallest absolute Gasteiger partial charge is 0.309 e. The van der Waals surface area contributed by atoms with Gasteiger partial charge in [-0.25, -0.2) is 0 Å². The van der Waals surface area contributed by atoms with E-state index in [9.17, 15) is 14.7 Å². The van der Waals surface area contributed by atoms with Crippen LogP contribution in [0, 0.1) is 12.3 Å². The number of carbonyl (C=O) groups is 2. The van der Waals surface area contributed by atoms with Crippen molar-refractivity contribution >= 4 is 11.9 Å². The van der Waals surface area contributed by atoms with Crippen molar-refractivity contribution in [3.63, 3.8) is 0 Å². The second kappa shape index (κ2) is 5.03. The molecular weight excluding hydrogens is 242 g/mol. The van der Waals surface area contributed by atoms with Gasteiger partial charge in [0, 0.05) is 18.7 Å². The van der Waals surface area contributed by atoms with E-state index in [0.717, 1.165) is 5.56 Å². The molecule has 19 heavy (non-hydrogen) atoms. The van der Waals surface area contributed by atoms with Crippen LogP contribution in [0.5, 0.6) is 0 Å². The Morgan fingerprint density at radius 1 is 1.26 bits per heavy atom. The molecule has 1 aliphatic rings. The molecule has 1 aliphatic heterocycles. The summed E-state index contributed by atoms with van der Waals surface area (Å²) >= 11 is 0. The Morgan fingerprint density at radius 3 is 2.42 bits per heavy atom. The molecule has 0 aliphatic carbocycles. The zero-order valence-electron chi connectivity index (χ0n) is 11.3. The first-order valence-corrected chi connectivity index (χ1v) is 6.52. The minimum atomic E-state index is -0.768. The molecule has 1 N–H and O–H groups in total. The maximum atomic E-state index is 12.3. The first-order chi connectivity index (χ1) is 8.92. The highest BCUT2D eigenvalue weighted by molar-refractivity contribution is 5.94. The molecule has 0 radical (unpaired) electrons. The molecule has 1 aromatic rings. The second-order valence-corrected chi connectivity index (χ2v) is 5.53. The molecule has 0 aromatic heterocycles. The van der Waals surface area contributed by atoms with E-state index >= 15 is 0 Å². The third kappa shape index (κ3) is 2.78.